The second-order valence-electron chi connectivity index (χ2n) is 8.48. The van der Waals surface area contributed by atoms with Gasteiger partial charge in [0.15, 0.2) is 5.78 Å². The number of methoxy groups -OCH3 is 2. The van der Waals surface area contributed by atoms with Crippen LogP contribution < -0.4 is 9.47 Å². The number of amides is 1. The fourth-order valence-electron chi connectivity index (χ4n) is 4.64. The van der Waals surface area contributed by atoms with E-state index in [1.807, 2.05) is 50.2 Å². The van der Waals surface area contributed by atoms with Gasteiger partial charge in [-0.05, 0) is 44.2 Å². The summed E-state index contributed by atoms with van der Waals surface area (Å²) in [4.78, 5) is 30.3. The zero-order valence-corrected chi connectivity index (χ0v) is 20.2. The van der Waals surface area contributed by atoms with Gasteiger partial charge in [-0.3, -0.25) is 14.5 Å². The highest BCUT2D eigenvalue weighted by Gasteiger charge is 2.28. The standard InChI is InChI=1S/C27H31N3O4/c1-19-17-22(20(2)30(19)21-9-6-5-7-10-21)23(31)18-28-13-15-29(16-14-28)27(32)26-24(33-3)11-8-12-25(26)34-4/h5-12,17H,13-16,18H2,1-4H3. The van der Waals surface area contributed by atoms with Crippen molar-refractivity contribution in [1.82, 2.24) is 14.4 Å². The first-order valence-electron chi connectivity index (χ1n) is 11.4. The molecule has 178 valence electrons. The second-order valence-corrected chi connectivity index (χ2v) is 8.48. The van der Waals surface area contributed by atoms with Crippen molar-refractivity contribution < 1.29 is 19.1 Å². The Labute approximate surface area is 200 Å². The van der Waals surface area contributed by atoms with Crippen molar-refractivity contribution in [2.75, 3.05) is 46.9 Å². The van der Waals surface area contributed by atoms with E-state index in [2.05, 4.69) is 9.47 Å². The van der Waals surface area contributed by atoms with E-state index >= 15 is 0 Å². The van der Waals surface area contributed by atoms with Crippen LogP contribution in [0.5, 0.6) is 11.5 Å². The quantitative estimate of drug-likeness (QED) is 0.502. The molecule has 0 N–H and O–H groups in total. The maximum absolute atomic E-state index is 13.2. The third-order valence-electron chi connectivity index (χ3n) is 6.41. The molecule has 1 aromatic heterocycles. The van der Waals surface area contributed by atoms with E-state index in [1.165, 1.54) is 0 Å². The van der Waals surface area contributed by atoms with Crippen LogP contribution in [-0.2, 0) is 0 Å². The highest BCUT2D eigenvalue weighted by Crippen LogP contribution is 2.30. The molecule has 7 nitrogen and oxygen atoms in total. The van der Waals surface area contributed by atoms with Gasteiger partial charge in [-0.1, -0.05) is 24.3 Å². The van der Waals surface area contributed by atoms with Crippen molar-refractivity contribution in [2.24, 2.45) is 0 Å². The van der Waals surface area contributed by atoms with E-state index in [1.54, 1.807) is 37.3 Å². The van der Waals surface area contributed by atoms with Gasteiger partial charge >= 0.3 is 0 Å². The molecule has 1 fully saturated rings. The molecule has 0 bridgehead atoms. The largest absolute Gasteiger partial charge is 0.496 e. The number of aromatic nitrogens is 1. The number of piperazine rings is 1. The molecule has 2 aromatic carbocycles. The Kier molecular flexibility index (Phi) is 7.03. The Morgan fingerprint density at radius 2 is 1.47 bits per heavy atom. The lowest BCUT2D eigenvalue weighted by atomic mass is 10.1. The minimum absolute atomic E-state index is 0.0986. The number of aryl methyl sites for hydroxylation is 1. The Morgan fingerprint density at radius 3 is 2.06 bits per heavy atom. The van der Waals surface area contributed by atoms with Crippen molar-refractivity contribution in [3.05, 3.63) is 77.1 Å². The topological polar surface area (TPSA) is 64.0 Å². The second kappa shape index (κ2) is 10.1. The Hall–Kier alpha value is -3.58. The lowest BCUT2D eigenvalue weighted by Crippen LogP contribution is -2.50. The summed E-state index contributed by atoms with van der Waals surface area (Å²) in [5.74, 6) is 0.972. The van der Waals surface area contributed by atoms with Gasteiger partial charge in [-0.15, -0.1) is 0 Å². The zero-order chi connectivity index (χ0) is 24.2. The van der Waals surface area contributed by atoms with Crippen molar-refractivity contribution in [2.45, 2.75) is 13.8 Å². The molecule has 1 aliphatic rings. The van der Waals surface area contributed by atoms with Gasteiger partial charge in [0.25, 0.3) is 5.91 Å². The monoisotopic (exact) mass is 461 g/mol. The maximum Gasteiger partial charge on any atom is 0.261 e. The summed E-state index contributed by atoms with van der Waals surface area (Å²) in [5, 5.41) is 0. The first-order chi connectivity index (χ1) is 16.4. The molecule has 34 heavy (non-hydrogen) atoms. The van der Waals surface area contributed by atoms with Crippen LogP contribution in [0.1, 0.15) is 32.1 Å². The molecule has 3 aromatic rings. The van der Waals surface area contributed by atoms with Gasteiger partial charge in [-0.25, -0.2) is 0 Å². The Bertz CT molecular complexity index is 1160. The average Bonchev–Trinajstić information content (AvgIpc) is 3.17. The molecule has 0 unspecified atom stereocenters. The van der Waals surface area contributed by atoms with Crippen LogP contribution in [-0.4, -0.2) is 73.0 Å². The predicted molar refractivity (Wildman–Crippen MR) is 131 cm³/mol. The molecule has 7 heteroatoms. The molecular weight excluding hydrogens is 430 g/mol. The molecule has 1 aliphatic heterocycles. The van der Waals surface area contributed by atoms with E-state index in [0.29, 0.717) is 49.8 Å². The number of rotatable bonds is 7. The number of carbonyl (C=O) groups excluding carboxylic acids is 2. The fraction of sp³-hybridized carbons (Fsp3) is 0.333. The summed E-state index contributed by atoms with van der Waals surface area (Å²) < 4.78 is 12.9. The van der Waals surface area contributed by atoms with Gasteiger partial charge in [0.05, 0.1) is 20.8 Å². The first kappa shape index (κ1) is 23.6. The van der Waals surface area contributed by atoms with Crippen LogP contribution in [0.4, 0.5) is 0 Å². The number of Topliss-reactive ketones (excluding diaryl/α,β-unsaturated/α-hetero) is 1. The molecule has 2 heterocycles. The highest BCUT2D eigenvalue weighted by molar-refractivity contribution is 6.00. The van der Waals surface area contributed by atoms with Gasteiger partial charge < -0.3 is 18.9 Å². The van der Waals surface area contributed by atoms with Crippen LogP contribution in [0, 0.1) is 13.8 Å². The van der Waals surface area contributed by atoms with E-state index in [4.69, 9.17) is 9.47 Å². The molecule has 0 radical (unpaired) electrons. The number of ether oxygens (including phenoxy) is 2. The molecule has 1 amide bonds. The minimum atomic E-state index is -0.119. The maximum atomic E-state index is 13.2. The van der Waals surface area contributed by atoms with Crippen LogP contribution in [0.15, 0.2) is 54.6 Å². The van der Waals surface area contributed by atoms with Crippen molar-refractivity contribution in [3.63, 3.8) is 0 Å². The average molecular weight is 462 g/mol. The summed E-state index contributed by atoms with van der Waals surface area (Å²) >= 11 is 0. The van der Waals surface area contributed by atoms with E-state index in [9.17, 15) is 9.59 Å². The molecule has 0 aliphatic carbocycles. The Morgan fingerprint density at radius 1 is 0.853 bits per heavy atom. The third-order valence-corrected chi connectivity index (χ3v) is 6.41. The first-order valence-corrected chi connectivity index (χ1v) is 11.4. The number of hydrogen-bond donors (Lipinski definition) is 0. The van der Waals surface area contributed by atoms with Gasteiger partial charge in [0, 0.05) is 48.8 Å². The Balaban J connectivity index is 1.42. The van der Waals surface area contributed by atoms with Crippen LogP contribution >= 0.6 is 0 Å². The summed E-state index contributed by atoms with van der Waals surface area (Å²) in [6, 6.07) is 17.4. The molecular formula is C27H31N3O4. The summed E-state index contributed by atoms with van der Waals surface area (Å²) in [7, 11) is 3.09. The van der Waals surface area contributed by atoms with Gasteiger partial charge in [0.1, 0.15) is 17.1 Å². The number of carbonyl (C=O) groups is 2. The van der Waals surface area contributed by atoms with Gasteiger partial charge in [0.2, 0.25) is 0 Å². The number of ketones is 1. The predicted octanol–water partition coefficient (Wildman–Crippen LogP) is 3.75. The SMILES string of the molecule is COc1cccc(OC)c1C(=O)N1CCN(CC(=O)c2cc(C)n(-c3ccccc3)c2C)CC1. The summed E-state index contributed by atoms with van der Waals surface area (Å²) in [6.45, 7) is 6.68. The number of nitrogens with zero attached hydrogens (tertiary/aromatic N) is 3. The number of benzene rings is 2. The number of para-hydroxylation sites is 1. The van der Waals surface area contributed by atoms with Crippen LogP contribution in [0.25, 0.3) is 5.69 Å². The molecule has 0 atom stereocenters. The smallest absolute Gasteiger partial charge is 0.261 e. The number of hydrogen-bond acceptors (Lipinski definition) is 5. The highest BCUT2D eigenvalue weighted by atomic mass is 16.5. The lowest BCUT2D eigenvalue weighted by Gasteiger charge is -2.34. The zero-order valence-electron chi connectivity index (χ0n) is 20.2. The van der Waals surface area contributed by atoms with Crippen LogP contribution in [0.2, 0.25) is 0 Å². The molecule has 4 rings (SSSR count). The van der Waals surface area contributed by atoms with Gasteiger partial charge in [-0.2, -0.15) is 0 Å². The minimum Gasteiger partial charge on any atom is -0.496 e. The summed E-state index contributed by atoms with van der Waals surface area (Å²) in [6.07, 6.45) is 0. The molecule has 0 spiro atoms. The van der Waals surface area contributed by atoms with E-state index in [-0.39, 0.29) is 11.7 Å². The summed E-state index contributed by atoms with van der Waals surface area (Å²) in [5.41, 5.74) is 4.22. The van der Waals surface area contributed by atoms with E-state index in [0.717, 1.165) is 22.6 Å². The fourth-order valence-corrected chi connectivity index (χ4v) is 4.64. The third kappa shape index (κ3) is 4.56. The van der Waals surface area contributed by atoms with Crippen molar-refractivity contribution >= 4 is 11.7 Å². The normalized spacial score (nSPS) is 14.2. The van der Waals surface area contributed by atoms with Crippen molar-refractivity contribution in [1.29, 1.82) is 0 Å². The lowest BCUT2D eigenvalue weighted by molar-refractivity contribution is 0.0618. The molecule has 0 saturated carbocycles. The van der Waals surface area contributed by atoms with Crippen molar-refractivity contribution in [3.8, 4) is 17.2 Å². The van der Waals surface area contributed by atoms with E-state index < -0.39 is 0 Å². The molecule has 1 saturated heterocycles. The van der Waals surface area contributed by atoms with Crippen LogP contribution in [0.3, 0.4) is 0 Å².